The predicted octanol–water partition coefficient (Wildman–Crippen LogP) is 3.95. The third kappa shape index (κ3) is 2.96. The fourth-order valence-electron chi connectivity index (χ4n) is 2.18. The Morgan fingerprint density at radius 2 is 2.25 bits per heavy atom. The van der Waals surface area contributed by atoms with Crippen LogP contribution in [0.5, 0.6) is 0 Å². The van der Waals surface area contributed by atoms with E-state index in [1.165, 1.54) is 41.5 Å². The number of benzene rings is 1. The maximum Gasteiger partial charge on any atom is 0.0181 e. The fraction of sp³-hybridized carbons (Fsp3) is 0.429. The van der Waals surface area contributed by atoms with E-state index in [0.717, 1.165) is 6.54 Å². The molecule has 1 nitrogen and oxygen atoms in total. The van der Waals surface area contributed by atoms with E-state index < -0.39 is 0 Å². The molecule has 0 fully saturated rings. The third-order valence-electron chi connectivity index (χ3n) is 3.03. The van der Waals surface area contributed by atoms with Crippen LogP contribution in [0.1, 0.15) is 25.3 Å². The summed E-state index contributed by atoms with van der Waals surface area (Å²) in [5.74, 6) is 0. The molecule has 86 valence electrons. The molecule has 0 unspecified atom stereocenters. The molecule has 1 heterocycles. The van der Waals surface area contributed by atoms with Gasteiger partial charge in [-0.05, 0) is 42.7 Å². The van der Waals surface area contributed by atoms with E-state index in [1.54, 1.807) is 0 Å². The van der Waals surface area contributed by atoms with Crippen molar-refractivity contribution in [1.82, 2.24) is 4.90 Å². The van der Waals surface area contributed by atoms with Crippen molar-refractivity contribution < 1.29 is 0 Å². The van der Waals surface area contributed by atoms with E-state index in [2.05, 4.69) is 58.1 Å². The lowest BCUT2D eigenvalue weighted by Gasteiger charge is -2.25. The van der Waals surface area contributed by atoms with Crippen LogP contribution in [-0.2, 0) is 0 Å². The lowest BCUT2D eigenvalue weighted by Crippen LogP contribution is -2.29. The lowest BCUT2D eigenvalue weighted by atomic mass is 9.99. The molecule has 2 heteroatoms. The highest BCUT2D eigenvalue weighted by Gasteiger charge is 2.11. The van der Waals surface area contributed by atoms with Gasteiger partial charge in [0.05, 0.1) is 0 Å². The standard InChI is InChI=1S/C14H18BrN/c1-2-8-16-9-6-12(7-10-16)13-4-3-5-14(15)11-13/h3-6,11H,2,7-10H2,1H3. The van der Waals surface area contributed by atoms with Crippen LogP contribution >= 0.6 is 15.9 Å². The van der Waals surface area contributed by atoms with Crippen LogP contribution in [0.3, 0.4) is 0 Å². The van der Waals surface area contributed by atoms with Gasteiger partial charge in [-0.2, -0.15) is 0 Å². The second kappa shape index (κ2) is 5.65. The summed E-state index contributed by atoms with van der Waals surface area (Å²) in [6.45, 7) is 5.78. The Balaban J connectivity index is 2.07. The summed E-state index contributed by atoms with van der Waals surface area (Å²) < 4.78 is 1.17. The predicted molar refractivity (Wildman–Crippen MR) is 73.5 cm³/mol. The Hall–Kier alpha value is -0.600. The normalized spacial score (nSPS) is 17.2. The molecule has 1 aromatic rings. The first-order valence-corrected chi connectivity index (χ1v) is 6.76. The smallest absolute Gasteiger partial charge is 0.0181 e. The van der Waals surface area contributed by atoms with Gasteiger partial charge in [-0.15, -0.1) is 0 Å². The van der Waals surface area contributed by atoms with Gasteiger partial charge >= 0.3 is 0 Å². The zero-order chi connectivity index (χ0) is 11.4. The van der Waals surface area contributed by atoms with Gasteiger partial charge in [0.15, 0.2) is 0 Å². The van der Waals surface area contributed by atoms with Crippen LogP contribution < -0.4 is 0 Å². The summed E-state index contributed by atoms with van der Waals surface area (Å²) in [5, 5.41) is 0. The molecular weight excluding hydrogens is 262 g/mol. The second-order valence-electron chi connectivity index (χ2n) is 4.29. The topological polar surface area (TPSA) is 3.24 Å². The molecule has 1 aliphatic rings. The van der Waals surface area contributed by atoms with Crippen molar-refractivity contribution in [2.75, 3.05) is 19.6 Å². The van der Waals surface area contributed by atoms with E-state index in [4.69, 9.17) is 0 Å². The average molecular weight is 280 g/mol. The van der Waals surface area contributed by atoms with Crippen molar-refractivity contribution in [3.8, 4) is 0 Å². The van der Waals surface area contributed by atoms with E-state index in [1.807, 2.05) is 0 Å². The van der Waals surface area contributed by atoms with Crippen LogP contribution in [0.25, 0.3) is 5.57 Å². The fourth-order valence-corrected chi connectivity index (χ4v) is 2.58. The Morgan fingerprint density at radius 1 is 1.38 bits per heavy atom. The SMILES string of the molecule is CCCN1CC=C(c2cccc(Br)c2)CC1. The first-order chi connectivity index (χ1) is 7.79. The van der Waals surface area contributed by atoms with Gasteiger partial charge in [0, 0.05) is 17.6 Å². The first kappa shape index (κ1) is 11.9. The maximum absolute atomic E-state index is 3.53. The molecule has 1 aromatic carbocycles. The number of nitrogens with zero attached hydrogens (tertiary/aromatic N) is 1. The number of hydrogen-bond donors (Lipinski definition) is 0. The molecule has 0 amide bonds. The van der Waals surface area contributed by atoms with Crippen LogP contribution in [-0.4, -0.2) is 24.5 Å². The summed E-state index contributed by atoms with van der Waals surface area (Å²) in [7, 11) is 0. The average Bonchev–Trinajstić information content (AvgIpc) is 2.30. The van der Waals surface area contributed by atoms with E-state index in [-0.39, 0.29) is 0 Å². The molecule has 1 aliphatic heterocycles. The zero-order valence-corrected chi connectivity index (χ0v) is 11.3. The minimum atomic E-state index is 1.11. The summed E-state index contributed by atoms with van der Waals surface area (Å²) >= 11 is 3.53. The van der Waals surface area contributed by atoms with E-state index >= 15 is 0 Å². The highest BCUT2D eigenvalue weighted by atomic mass is 79.9. The Bertz CT molecular complexity index is 384. The lowest BCUT2D eigenvalue weighted by molar-refractivity contribution is 0.302. The van der Waals surface area contributed by atoms with Crippen LogP contribution in [0, 0.1) is 0 Å². The second-order valence-corrected chi connectivity index (χ2v) is 5.21. The Morgan fingerprint density at radius 3 is 2.88 bits per heavy atom. The van der Waals surface area contributed by atoms with Crippen molar-refractivity contribution in [2.45, 2.75) is 19.8 Å². The van der Waals surface area contributed by atoms with Gasteiger partial charge in [0.25, 0.3) is 0 Å². The van der Waals surface area contributed by atoms with Crippen molar-refractivity contribution in [3.63, 3.8) is 0 Å². The van der Waals surface area contributed by atoms with Crippen molar-refractivity contribution in [3.05, 3.63) is 40.4 Å². The Labute approximate surface area is 106 Å². The molecule has 0 N–H and O–H groups in total. The van der Waals surface area contributed by atoms with Gasteiger partial charge in [0.1, 0.15) is 0 Å². The largest absolute Gasteiger partial charge is 0.299 e. The summed E-state index contributed by atoms with van der Waals surface area (Å²) in [4.78, 5) is 2.52. The minimum absolute atomic E-state index is 1.11. The van der Waals surface area contributed by atoms with Gasteiger partial charge in [-0.1, -0.05) is 41.1 Å². The summed E-state index contributed by atoms with van der Waals surface area (Å²) in [6.07, 6.45) is 4.80. The summed E-state index contributed by atoms with van der Waals surface area (Å²) in [6, 6.07) is 8.60. The molecule has 2 rings (SSSR count). The molecule has 0 saturated heterocycles. The number of hydrogen-bond acceptors (Lipinski definition) is 1. The van der Waals surface area contributed by atoms with Crippen LogP contribution in [0.15, 0.2) is 34.8 Å². The molecule has 0 atom stereocenters. The van der Waals surface area contributed by atoms with Crippen molar-refractivity contribution in [2.24, 2.45) is 0 Å². The molecule has 0 radical (unpaired) electrons. The first-order valence-electron chi connectivity index (χ1n) is 5.97. The highest BCUT2D eigenvalue weighted by molar-refractivity contribution is 9.10. The van der Waals surface area contributed by atoms with Gasteiger partial charge in [-0.3, -0.25) is 4.90 Å². The number of rotatable bonds is 3. The van der Waals surface area contributed by atoms with E-state index in [9.17, 15) is 0 Å². The van der Waals surface area contributed by atoms with Crippen LogP contribution in [0.2, 0.25) is 0 Å². The highest BCUT2D eigenvalue weighted by Crippen LogP contribution is 2.24. The van der Waals surface area contributed by atoms with Crippen LogP contribution in [0.4, 0.5) is 0 Å². The maximum atomic E-state index is 3.53. The van der Waals surface area contributed by atoms with Gasteiger partial charge in [-0.25, -0.2) is 0 Å². The molecule has 0 aromatic heterocycles. The third-order valence-corrected chi connectivity index (χ3v) is 3.52. The molecule has 0 aliphatic carbocycles. The zero-order valence-electron chi connectivity index (χ0n) is 9.75. The van der Waals surface area contributed by atoms with Gasteiger partial charge < -0.3 is 0 Å². The number of halogens is 1. The molecule has 0 spiro atoms. The summed E-state index contributed by atoms with van der Waals surface area (Å²) in [5.41, 5.74) is 2.86. The monoisotopic (exact) mass is 279 g/mol. The Kier molecular flexibility index (Phi) is 4.19. The van der Waals surface area contributed by atoms with Crippen molar-refractivity contribution in [1.29, 1.82) is 0 Å². The molecule has 16 heavy (non-hydrogen) atoms. The van der Waals surface area contributed by atoms with Crippen molar-refractivity contribution >= 4 is 21.5 Å². The minimum Gasteiger partial charge on any atom is -0.299 e. The molecule has 0 saturated carbocycles. The quantitative estimate of drug-likeness (QED) is 0.810. The molecular formula is C14H18BrN. The van der Waals surface area contributed by atoms with E-state index in [0.29, 0.717) is 0 Å². The molecule has 0 bridgehead atoms. The van der Waals surface area contributed by atoms with Gasteiger partial charge in [0.2, 0.25) is 0 Å².